The normalized spacial score (nSPS) is 18.5. The summed E-state index contributed by atoms with van der Waals surface area (Å²) in [6.45, 7) is 9.71. The fraction of sp³-hybridized carbons (Fsp3) is 0.667. The van der Waals surface area contributed by atoms with E-state index < -0.39 is 0 Å². The zero-order valence-electron chi connectivity index (χ0n) is 10.3. The lowest BCUT2D eigenvalue weighted by Crippen LogP contribution is -2.57. The minimum Gasteiger partial charge on any atom is -0.314 e. The van der Waals surface area contributed by atoms with Gasteiger partial charge in [0.05, 0.1) is 17.4 Å². The number of aryl methyl sites for hydroxylation is 1. The van der Waals surface area contributed by atoms with Gasteiger partial charge in [0.25, 0.3) is 0 Å². The zero-order valence-corrected chi connectivity index (χ0v) is 10.3. The third kappa shape index (κ3) is 2.08. The maximum atomic E-state index is 4.46. The first-order chi connectivity index (χ1) is 7.74. The second-order valence-corrected chi connectivity index (χ2v) is 4.35. The average molecular weight is 220 g/mol. The average Bonchev–Trinajstić information content (AvgIpc) is 2.23. The first kappa shape index (κ1) is 11.5. The fourth-order valence-electron chi connectivity index (χ4n) is 2.34. The van der Waals surface area contributed by atoms with Crippen molar-refractivity contribution in [3.8, 4) is 0 Å². The highest BCUT2D eigenvalue weighted by Gasteiger charge is 2.28. The van der Waals surface area contributed by atoms with Crippen molar-refractivity contribution in [1.82, 2.24) is 20.2 Å². The van der Waals surface area contributed by atoms with Crippen molar-refractivity contribution in [3.05, 3.63) is 23.8 Å². The van der Waals surface area contributed by atoms with E-state index in [4.69, 9.17) is 0 Å². The van der Waals surface area contributed by atoms with E-state index in [0.29, 0.717) is 12.1 Å². The lowest BCUT2D eigenvalue weighted by Gasteiger charge is -2.41. The van der Waals surface area contributed by atoms with Gasteiger partial charge in [0.15, 0.2) is 0 Å². The fourth-order valence-corrected chi connectivity index (χ4v) is 2.34. The van der Waals surface area contributed by atoms with Crippen LogP contribution in [0.5, 0.6) is 0 Å². The van der Waals surface area contributed by atoms with Gasteiger partial charge in [-0.15, -0.1) is 0 Å². The predicted octanol–water partition coefficient (Wildman–Crippen LogP) is 1.14. The molecular weight excluding hydrogens is 200 g/mol. The molecule has 1 aliphatic heterocycles. The molecule has 0 aliphatic carbocycles. The van der Waals surface area contributed by atoms with Crippen molar-refractivity contribution < 1.29 is 0 Å². The van der Waals surface area contributed by atoms with Crippen molar-refractivity contribution in [2.75, 3.05) is 19.6 Å². The Balaban J connectivity index is 2.16. The molecular formula is C12H20N4. The number of likely N-dealkylation sites (N-methyl/N-ethyl adjacent to an activating group) is 1. The van der Waals surface area contributed by atoms with E-state index in [1.165, 1.54) is 0 Å². The Labute approximate surface area is 97.1 Å². The molecule has 0 saturated carbocycles. The second kappa shape index (κ2) is 4.89. The molecule has 4 heteroatoms. The third-order valence-electron chi connectivity index (χ3n) is 3.41. The van der Waals surface area contributed by atoms with Gasteiger partial charge in [-0.25, -0.2) is 0 Å². The molecule has 0 bridgehead atoms. The summed E-state index contributed by atoms with van der Waals surface area (Å²) in [5.41, 5.74) is 2.15. The SMILES string of the molecule is CCN(C1CNC1)C(C)c1nccnc1C. The Morgan fingerprint density at radius 3 is 2.62 bits per heavy atom. The topological polar surface area (TPSA) is 41.0 Å². The molecule has 1 aromatic rings. The summed E-state index contributed by atoms with van der Waals surface area (Å²) in [7, 11) is 0. The molecule has 1 unspecified atom stereocenters. The van der Waals surface area contributed by atoms with E-state index in [1.807, 2.05) is 6.92 Å². The molecule has 16 heavy (non-hydrogen) atoms. The van der Waals surface area contributed by atoms with Crippen molar-refractivity contribution in [3.63, 3.8) is 0 Å². The third-order valence-corrected chi connectivity index (χ3v) is 3.41. The quantitative estimate of drug-likeness (QED) is 0.826. The predicted molar refractivity (Wildman–Crippen MR) is 64.2 cm³/mol. The van der Waals surface area contributed by atoms with Crippen LogP contribution in [-0.2, 0) is 0 Å². The highest BCUT2D eigenvalue weighted by molar-refractivity contribution is 5.13. The summed E-state index contributed by atoms with van der Waals surface area (Å²) < 4.78 is 0. The number of hydrogen-bond donors (Lipinski definition) is 1. The number of rotatable bonds is 4. The van der Waals surface area contributed by atoms with Crippen LogP contribution in [0.3, 0.4) is 0 Å². The van der Waals surface area contributed by atoms with E-state index in [1.54, 1.807) is 12.4 Å². The van der Waals surface area contributed by atoms with Gasteiger partial charge in [-0.3, -0.25) is 14.9 Å². The molecule has 1 atom stereocenters. The van der Waals surface area contributed by atoms with Crippen molar-refractivity contribution in [2.45, 2.75) is 32.9 Å². The molecule has 1 saturated heterocycles. The highest BCUT2D eigenvalue weighted by Crippen LogP contribution is 2.23. The first-order valence-corrected chi connectivity index (χ1v) is 5.98. The molecule has 88 valence electrons. The molecule has 1 fully saturated rings. The van der Waals surface area contributed by atoms with E-state index in [0.717, 1.165) is 31.0 Å². The van der Waals surface area contributed by atoms with Gasteiger partial charge in [0, 0.05) is 31.5 Å². The van der Waals surface area contributed by atoms with Crippen LogP contribution in [0.15, 0.2) is 12.4 Å². The number of nitrogens with zero attached hydrogens (tertiary/aromatic N) is 3. The summed E-state index contributed by atoms with van der Waals surface area (Å²) in [6.07, 6.45) is 3.54. The van der Waals surface area contributed by atoms with E-state index in [9.17, 15) is 0 Å². The first-order valence-electron chi connectivity index (χ1n) is 5.98. The molecule has 2 rings (SSSR count). The smallest absolute Gasteiger partial charge is 0.0784 e. The van der Waals surface area contributed by atoms with Crippen LogP contribution in [0.25, 0.3) is 0 Å². The molecule has 0 spiro atoms. The Kier molecular flexibility index (Phi) is 3.51. The van der Waals surface area contributed by atoms with Gasteiger partial charge in [-0.1, -0.05) is 6.92 Å². The standard InChI is InChI=1S/C12H20N4/c1-4-16(11-7-13-8-11)10(3)12-9(2)14-5-6-15-12/h5-6,10-11,13H,4,7-8H2,1-3H3. The largest absolute Gasteiger partial charge is 0.314 e. The summed E-state index contributed by atoms with van der Waals surface area (Å²) >= 11 is 0. The number of hydrogen-bond acceptors (Lipinski definition) is 4. The Morgan fingerprint density at radius 1 is 1.44 bits per heavy atom. The molecule has 0 aromatic carbocycles. The lowest BCUT2D eigenvalue weighted by molar-refractivity contribution is 0.107. The maximum absolute atomic E-state index is 4.46. The summed E-state index contributed by atoms with van der Waals surface area (Å²) in [4.78, 5) is 11.3. The Bertz CT molecular complexity index is 349. The number of nitrogens with one attached hydrogen (secondary N) is 1. The maximum Gasteiger partial charge on any atom is 0.0784 e. The molecule has 4 nitrogen and oxygen atoms in total. The molecule has 1 aromatic heterocycles. The van der Waals surface area contributed by atoms with Crippen molar-refractivity contribution >= 4 is 0 Å². The van der Waals surface area contributed by atoms with Crippen LogP contribution in [0.2, 0.25) is 0 Å². The van der Waals surface area contributed by atoms with Gasteiger partial charge in [-0.2, -0.15) is 0 Å². The summed E-state index contributed by atoms with van der Waals surface area (Å²) in [6, 6.07) is 1.01. The molecule has 0 radical (unpaired) electrons. The second-order valence-electron chi connectivity index (χ2n) is 4.35. The summed E-state index contributed by atoms with van der Waals surface area (Å²) in [5.74, 6) is 0. The van der Waals surface area contributed by atoms with Gasteiger partial charge in [0.1, 0.15) is 0 Å². The van der Waals surface area contributed by atoms with Crippen LogP contribution in [-0.4, -0.2) is 40.5 Å². The van der Waals surface area contributed by atoms with Gasteiger partial charge in [0.2, 0.25) is 0 Å². The van der Waals surface area contributed by atoms with Crippen LogP contribution in [0.4, 0.5) is 0 Å². The summed E-state index contributed by atoms with van der Waals surface area (Å²) in [5, 5.41) is 3.32. The highest BCUT2D eigenvalue weighted by atomic mass is 15.3. The van der Waals surface area contributed by atoms with Crippen LogP contribution < -0.4 is 5.32 Å². The Hall–Kier alpha value is -1.00. The van der Waals surface area contributed by atoms with E-state index in [-0.39, 0.29) is 0 Å². The van der Waals surface area contributed by atoms with Crippen LogP contribution in [0.1, 0.15) is 31.3 Å². The minimum absolute atomic E-state index is 0.353. The van der Waals surface area contributed by atoms with Crippen molar-refractivity contribution in [2.24, 2.45) is 0 Å². The van der Waals surface area contributed by atoms with Crippen LogP contribution in [0, 0.1) is 6.92 Å². The van der Waals surface area contributed by atoms with Crippen molar-refractivity contribution in [1.29, 1.82) is 0 Å². The van der Waals surface area contributed by atoms with Gasteiger partial charge >= 0.3 is 0 Å². The van der Waals surface area contributed by atoms with E-state index >= 15 is 0 Å². The van der Waals surface area contributed by atoms with Gasteiger partial charge < -0.3 is 5.32 Å². The molecule has 1 N–H and O–H groups in total. The van der Waals surface area contributed by atoms with Gasteiger partial charge in [-0.05, 0) is 20.4 Å². The monoisotopic (exact) mass is 220 g/mol. The lowest BCUT2D eigenvalue weighted by atomic mass is 10.1. The molecule has 0 amide bonds. The number of aromatic nitrogens is 2. The van der Waals surface area contributed by atoms with Crippen LogP contribution >= 0.6 is 0 Å². The zero-order chi connectivity index (χ0) is 11.5. The molecule has 2 heterocycles. The molecule has 1 aliphatic rings. The van der Waals surface area contributed by atoms with E-state index in [2.05, 4.69) is 34.0 Å². The minimum atomic E-state index is 0.353. The Morgan fingerprint density at radius 2 is 2.12 bits per heavy atom.